The molecule has 0 aromatic heterocycles. The van der Waals surface area contributed by atoms with Crippen molar-refractivity contribution in [2.24, 2.45) is 0 Å². The van der Waals surface area contributed by atoms with Gasteiger partial charge in [0, 0.05) is 11.8 Å². The first kappa shape index (κ1) is 13.7. The Morgan fingerprint density at radius 3 is 2.71 bits per heavy atom. The lowest BCUT2D eigenvalue weighted by Gasteiger charge is -2.22. The van der Waals surface area contributed by atoms with E-state index in [9.17, 15) is 9.90 Å². The normalized spacial score (nSPS) is 11.3. The maximum absolute atomic E-state index is 11.4. The van der Waals surface area contributed by atoms with Gasteiger partial charge in [0.15, 0.2) is 0 Å². The van der Waals surface area contributed by atoms with Crippen LogP contribution in [-0.2, 0) is 10.2 Å². The van der Waals surface area contributed by atoms with Crippen LogP contribution in [0.4, 0.5) is 0 Å². The third-order valence-corrected chi connectivity index (χ3v) is 2.70. The largest absolute Gasteiger partial charge is 0.427 e. The van der Waals surface area contributed by atoms with Crippen LogP contribution in [0, 0.1) is 0 Å². The summed E-state index contributed by atoms with van der Waals surface area (Å²) < 4.78 is 5.21. The summed E-state index contributed by atoms with van der Waals surface area (Å²) in [4.78, 5) is 11.4. The van der Waals surface area contributed by atoms with Crippen LogP contribution in [0.25, 0.3) is 0 Å². The van der Waals surface area contributed by atoms with Crippen molar-refractivity contribution >= 4 is 5.97 Å². The van der Waals surface area contributed by atoms with Crippen molar-refractivity contribution in [3.05, 3.63) is 29.8 Å². The zero-order chi connectivity index (χ0) is 12.9. The molecule has 0 amide bonds. The Labute approximate surface area is 102 Å². The molecule has 1 aromatic rings. The van der Waals surface area contributed by atoms with E-state index in [1.807, 2.05) is 39.0 Å². The standard InChI is InChI=1S/C14H20O3/c1-4-6-13(16)17-12-8-5-7-11(9-12)14(2,3)10-15/h5,7-9,15H,4,6,10H2,1-3H3. The van der Waals surface area contributed by atoms with Crippen LogP contribution >= 0.6 is 0 Å². The molecule has 0 unspecified atom stereocenters. The molecule has 0 spiro atoms. The number of ether oxygens (including phenoxy) is 1. The van der Waals surface area contributed by atoms with E-state index >= 15 is 0 Å². The minimum Gasteiger partial charge on any atom is -0.427 e. The van der Waals surface area contributed by atoms with E-state index in [1.165, 1.54) is 0 Å². The molecular formula is C14H20O3. The van der Waals surface area contributed by atoms with Gasteiger partial charge < -0.3 is 9.84 Å². The summed E-state index contributed by atoms with van der Waals surface area (Å²) in [5.74, 6) is 0.328. The van der Waals surface area contributed by atoms with E-state index in [-0.39, 0.29) is 18.0 Å². The minimum atomic E-state index is -0.326. The van der Waals surface area contributed by atoms with E-state index in [2.05, 4.69) is 0 Å². The molecule has 94 valence electrons. The zero-order valence-corrected chi connectivity index (χ0v) is 10.7. The Morgan fingerprint density at radius 2 is 2.12 bits per heavy atom. The van der Waals surface area contributed by atoms with Gasteiger partial charge in [0.1, 0.15) is 5.75 Å². The predicted octanol–water partition coefficient (Wildman–Crippen LogP) is 2.66. The Balaban J connectivity index is 2.83. The van der Waals surface area contributed by atoms with Gasteiger partial charge in [-0.25, -0.2) is 0 Å². The first-order valence-electron chi connectivity index (χ1n) is 5.91. The predicted molar refractivity (Wildman–Crippen MR) is 67.1 cm³/mol. The smallest absolute Gasteiger partial charge is 0.311 e. The van der Waals surface area contributed by atoms with Crippen LogP contribution < -0.4 is 4.74 Å². The van der Waals surface area contributed by atoms with Gasteiger partial charge in [0.05, 0.1) is 6.61 Å². The fourth-order valence-electron chi connectivity index (χ4n) is 1.46. The van der Waals surface area contributed by atoms with E-state index in [1.54, 1.807) is 6.07 Å². The highest BCUT2D eigenvalue weighted by Crippen LogP contribution is 2.26. The average Bonchev–Trinajstić information content (AvgIpc) is 2.29. The van der Waals surface area contributed by atoms with Crippen LogP contribution in [-0.4, -0.2) is 17.7 Å². The lowest BCUT2D eigenvalue weighted by atomic mass is 9.85. The third-order valence-electron chi connectivity index (χ3n) is 2.70. The van der Waals surface area contributed by atoms with Crippen molar-refractivity contribution < 1.29 is 14.6 Å². The Hall–Kier alpha value is -1.35. The van der Waals surface area contributed by atoms with E-state index < -0.39 is 0 Å². The van der Waals surface area contributed by atoms with Gasteiger partial charge in [-0.15, -0.1) is 0 Å². The van der Waals surface area contributed by atoms with Crippen LogP contribution in [0.15, 0.2) is 24.3 Å². The number of carbonyl (C=O) groups excluding carboxylic acids is 1. The molecule has 3 heteroatoms. The fourth-order valence-corrected chi connectivity index (χ4v) is 1.46. The fraction of sp³-hybridized carbons (Fsp3) is 0.500. The summed E-state index contributed by atoms with van der Waals surface area (Å²) in [6.07, 6.45) is 1.20. The molecule has 0 saturated heterocycles. The first-order chi connectivity index (χ1) is 7.99. The van der Waals surface area contributed by atoms with E-state index in [0.717, 1.165) is 12.0 Å². The molecule has 1 N–H and O–H groups in total. The highest BCUT2D eigenvalue weighted by atomic mass is 16.5. The monoisotopic (exact) mass is 236 g/mol. The van der Waals surface area contributed by atoms with Crippen molar-refractivity contribution in [3.63, 3.8) is 0 Å². The molecule has 0 bridgehead atoms. The van der Waals surface area contributed by atoms with Gasteiger partial charge in [0.25, 0.3) is 0 Å². The molecular weight excluding hydrogens is 216 g/mol. The van der Waals surface area contributed by atoms with E-state index in [0.29, 0.717) is 12.2 Å². The van der Waals surface area contributed by atoms with Gasteiger partial charge in [-0.05, 0) is 24.1 Å². The molecule has 0 saturated carbocycles. The second-order valence-electron chi connectivity index (χ2n) is 4.79. The van der Waals surface area contributed by atoms with E-state index in [4.69, 9.17) is 4.74 Å². The summed E-state index contributed by atoms with van der Waals surface area (Å²) >= 11 is 0. The van der Waals surface area contributed by atoms with Crippen LogP contribution in [0.3, 0.4) is 0 Å². The Morgan fingerprint density at radius 1 is 1.41 bits per heavy atom. The number of rotatable bonds is 5. The molecule has 0 aliphatic carbocycles. The topological polar surface area (TPSA) is 46.5 Å². The van der Waals surface area contributed by atoms with Crippen molar-refractivity contribution in [3.8, 4) is 5.75 Å². The third kappa shape index (κ3) is 3.86. The second kappa shape index (κ2) is 5.82. The quantitative estimate of drug-likeness (QED) is 0.631. The maximum atomic E-state index is 11.4. The van der Waals surface area contributed by atoms with Gasteiger partial charge in [0.2, 0.25) is 0 Å². The Kier molecular flexibility index (Phi) is 4.70. The van der Waals surface area contributed by atoms with Crippen molar-refractivity contribution in [1.29, 1.82) is 0 Å². The average molecular weight is 236 g/mol. The van der Waals surface area contributed by atoms with Gasteiger partial charge in [-0.1, -0.05) is 32.9 Å². The first-order valence-corrected chi connectivity index (χ1v) is 5.91. The highest BCUT2D eigenvalue weighted by molar-refractivity contribution is 5.72. The summed E-state index contributed by atoms with van der Waals surface area (Å²) in [6, 6.07) is 7.32. The maximum Gasteiger partial charge on any atom is 0.311 e. The number of aliphatic hydroxyl groups excluding tert-OH is 1. The molecule has 0 fully saturated rings. The lowest BCUT2D eigenvalue weighted by Crippen LogP contribution is -2.22. The minimum absolute atomic E-state index is 0.0549. The van der Waals surface area contributed by atoms with Crippen LogP contribution in [0.1, 0.15) is 39.2 Å². The Bertz CT molecular complexity index is 383. The SMILES string of the molecule is CCCC(=O)Oc1cccc(C(C)(C)CO)c1. The molecule has 0 aliphatic rings. The van der Waals surface area contributed by atoms with Gasteiger partial charge >= 0.3 is 5.97 Å². The van der Waals surface area contributed by atoms with Crippen LogP contribution in [0.5, 0.6) is 5.75 Å². The second-order valence-corrected chi connectivity index (χ2v) is 4.79. The molecule has 1 aromatic carbocycles. The highest BCUT2D eigenvalue weighted by Gasteiger charge is 2.19. The lowest BCUT2D eigenvalue weighted by molar-refractivity contribution is -0.134. The zero-order valence-electron chi connectivity index (χ0n) is 10.7. The molecule has 0 heterocycles. The number of hydrogen-bond acceptors (Lipinski definition) is 3. The van der Waals surface area contributed by atoms with Crippen molar-refractivity contribution in [1.82, 2.24) is 0 Å². The van der Waals surface area contributed by atoms with Gasteiger partial charge in [-0.2, -0.15) is 0 Å². The molecule has 17 heavy (non-hydrogen) atoms. The summed E-state index contributed by atoms with van der Waals surface area (Å²) in [6.45, 7) is 5.88. The molecule has 0 radical (unpaired) electrons. The van der Waals surface area contributed by atoms with Crippen molar-refractivity contribution in [2.45, 2.75) is 39.0 Å². The number of hydrogen-bond donors (Lipinski definition) is 1. The molecule has 0 aliphatic heterocycles. The van der Waals surface area contributed by atoms with Crippen LogP contribution in [0.2, 0.25) is 0 Å². The number of aliphatic hydroxyl groups is 1. The molecule has 3 nitrogen and oxygen atoms in total. The molecule has 0 atom stereocenters. The number of esters is 1. The van der Waals surface area contributed by atoms with Gasteiger partial charge in [-0.3, -0.25) is 4.79 Å². The summed E-state index contributed by atoms with van der Waals surface area (Å²) in [5, 5.41) is 9.30. The summed E-state index contributed by atoms with van der Waals surface area (Å²) in [7, 11) is 0. The number of benzene rings is 1. The summed E-state index contributed by atoms with van der Waals surface area (Å²) in [5.41, 5.74) is 0.634. The van der Waals surface area contributed by atoms with Crippen molar-refractivity contribution in [2.75, 3.05) is 6.61 Å². The number of carbonyl (C=O) groups is 1. The molecule has 1 rings (SSSR count).